The number of carbonyl (C=O) groups is 3. The number of hydrogen-bond donors (Lipinski definition) is 0. The van der Waals surface area contributed by atoms with Crippen LogP contribution >= 0.6 is 0 Å². The number of hydrogen-bond acceptors (Lipinski definition) is 5. The van der Waals surface area contributed by atoms with E-state index >= 15 is 0 Å². The Labute approximate surface area is 189 Å². The Morgan fingerprint density at radius 1 is 1.03 bits per heavy atom. The minimum absolute atomic E-state index is 0.0367. The van der Waals surface area contributed by atoms with Crippen molar-refractivity contribution in [3.8, 4) is 5.75 Å². The number of Topliss-reactive ketones (excluding diaryl/α,β-unsaturated/α-hetero) is 2. The summed E-state index contributed by atoms with van der Waals surface area (Å²) in [5, 5.41) is 0. The number of carbonyl (C=O) groups excluding carboxylic acids is 3. The Morgan fingerprint density at radius 3 is 2.22 bits per heavy atom. The zero-order valence-electron chi connectivity index (χ0n) is 19.6. The fraction of sp³-hybridized carbons (Fsp3) is 0.423. The van der Waals surface area contributed by atoms with Crippen molar-refractivity contribution in [3.05, 3.63) is 64.7 Å². The fourth-order valence-electron chi connectivity index (χ4n) is 4.18. The van der Waals surface area contributed by atoms with Crippen LogP contribution < -0.4 is 4.74 Å². The highest BCUT2D eigenvalue weighted by molar-refractivity contribution is 6.44. The lowest BCUT2D eigenvalue weighted by Crippen LogP contribution is -2.33. The molecule has 0 bridgehead atoms. The van der Waals surface area contributed by atoms with Crippen molar-refractivity contribution >= 4 is 17.5 Å². The Hall–Kier alpha value is -2.99. The molecule has 1 aliphatic heterocycles. The third-order valence-corrected chi connectivity index (χ3v) is 6.04. The van der Waals surface area contributed by atoms with E-state index in [-0.39, 0.29) is 24.3 Å². The van der Waals surface area contributed by atoms with Crippen LogP contribution in [0.3, 0.4) is 0 Å². The van der Waals surface area contributed by atoms with Crippen molar-refractivity contribution in [1.82, 2.24) is 4.90 Å². The lowest BCUT2D eigenvalue weighted by Gasteiger charge is -2.28. The molecule has 6 nitrogen and oxygen atoms in total. The number of methoxy groups -OCH3 is 2. The SMILES string of the molecule is COCCN1C(=O)C(=O)C(C(=O)c2ccc(OC)cc2C)C1c1ccc(C(C)(C)C)cc1. The summed E-state index contributed by atoms with van der Waals surface area (Å²) in [4.78, 5) is 41.0. The van der Waals surface area contributed by atoms with Gasteiger partial charge in [0, 0.05) is 19.2 Å². The van der Waals surface area contributed by atoms with Crippen LogP contribution in [0, 0.1) is 12.8 Å². The molecule has 32 heavy (non-hydrogen) atoms. The molecule has 0 saturated carbocycles. The predicted octanol–water partition coefficient (Wildman–Crippen LogP) is 3.90. The normalized spacial score (nSPS) is 18.9. The minimum atomic E-state index is -1.10. The zero-order valence-corrected chi connectivity index (χ0v) is 19.6. The standard InChI is InChI=1S/C26H31NO5/c1-16-15-19(32-6)11-12-20(16)23(28)21-22(27(13-14-31-5)25(30)24(21)29)17-7-9-18(10-8-17)26(2,3)4/h7-12,15,21-22H,13-14H2,1-6H3. The second kappa shape index (κ2) is 9.25. The Balaban J connectivity index is 2.06. The molecule has 170 valence electrons. The number of aryl methyl sites for hydroxylation is 1. The Morgan fingerprint density at radius 2 is 1.69 bits per heavy atom. The molecule has 1 fully saturated rings. The van der Waals surface area contributed by atoms with Gasteiger partial charge >= 0.3 is 0 Å². The Bertz CT molecular complexity index is 1020. The van der Waals surface area contributed by atoms with E-state index in [2.05, 4.69) is 20.8 Å². The van der Waals surface area contributed by atoms with Gasteiger partial charge in [0.1, 0.15) is 11.7 Å². The summed E-state index contributed by atoms with van der Waals surface area (Å²) in [6, 6.07) is 12.3. The van der Waals surface area contributed by atoms with Crippen molar-refractivity contribution in [1.29, 1.82) is 0 Å². The lowest BCUT2D eigenvalue weighted by molar-refractivity contribution is -0.141. The van der Waals surface area contributed by atoms with Gasteiger partial charge in [-0.3, -0.25) is 14.4 Å². The van der Waals surface area contributed by atoms with Crippen LogP contribution in [0.5, 0.6) is 5.75 Å². The summed E-state index contributed by atoms with van der Waals surface area (Å²) in [5.41, 5.74) is 2.98. The van der Waals surface area contributed by atoms with Crippen molar-refractivity contribution in [2.75, 3.05) is 27.4 Å². The molecule has 2 aromatic rings. The number of amides is 1. The van der Waals surface area contributed by atoms with E-state index in [1.165, 1.54) is 4.90 Å². The van der Waals surface area contributed by atoms with Gasteiger partial charge in [-0.1, -0.05) is 45.0 Å². The third kappa shape index (κ3) is 4.46. The zero-order chi connectivity index (χ0) is 23.6. The summed E-state index contributed by atoms with van der Waals surface area (Å²) < 4.78 is 10.4. The molecule has 6 heteroatoms. The van der Waals surface area contributed by atoms with Gasteiger partial charge in [-0.25, -0.2) is 0 Å². The molecule has 2 atom stereocenters. The molecule has 2 unspecified atom stereocenters. The molecule has 0 N–H and O–H groups in total. The maximum absolute atomic E-state index is 13.6. The summed E-state index contributed by atoms with van der Waals surface area (Å²) in [6.45, 7) is 8.67. The number of ether oxygens (including phenoxy) is 2. The molecule has 2 aromatic carbocycles. The highest BCUT2D eigenvalue weighted by Gasteiger charge is 2.51. The van der Waals surface area contributed by atoms with Crippen LogP contribution in [0.25, 0.3) is 0 Å². The van der Waals surface area contributed by atoms with Crippen LogP contribution in [-0.2, 0) is 19.7 Å². The van der Waals surface area contributed by atoms with Crippen LogP contribution in [0.1, 0.15) is 53.9 Å². The molecule has 1 heterocycles. The number of rotatable bonds is 7. The smallest absolute Gasteiger partial charge is 0.291 e. The topological polar surface area (TPSA) is 72.9 Å². The first-order chi connectivity index (χ1) is 15.1. The van der Waals surface area contributed by atoms with Gasteiger partial charge in [-0.2, -0.15) is 0 Å². The predicted molar refractivity (Wildman–Crippen MR) is 122 cm³/mol. The van der Waals surface area contributed by atoms with Crippen LogP contribution in [-0.4, -0.2) is 49.7 Å². The van der Waals surface area contributed by atoms with Crippen LogP contribution in [0.15, 0.2) is 42.5 Å². The molecule has 1 saturated heterocycles. The highest BCUT2D eigenvalue weighted by Crippen LogP contribution is 2.39. The average Bonchev–Trinajstić information content (AvgIpc) is 3.01. The molecule has 0 aliphatic carbocycles. The van der Waals surface area contributed by atoms with E-state index in [1.54, 1.807) is 39.3 Å². The van der Waals surface area contributed by atoms with E-state index in [4.69, 9.17) is 9.47 Å². The summed E-state index contributed by atoms with van der Waals surface area (Å²) in [7, 11) is 3.10. The molecule has 1 amide bonds. The first-order valence-corrected chi connectivity index (χ1v) is 10.7. The largest absolute Gasteiger partial charge is 0.497 e. The average molecular weight is 438 g/mol. The lowest BCUT2D eigenvalue weighted by atomic mass is 9.82. The van der Waals surface area contributed by atoms with E-state index < -0.39 is 23.7 Å². The molecular weight excluding hydrogens is 406 g/mol. The Kier molecular flexibility index (Phi) is 6.84. The third-order valence-electron chi connectivity index (χ3n) is 6.04. The van der Waals surface area contributed by atoms with E-state index in [1.807, 2.05) is 24.3 Å². The number of likely N-dealkylation sites (tertiary alicyclic amines) is 1. The number of nitrogens with zero attached hydrogens (tertiary/aromatic N) is 1. The second-order valence-electron chi connectivity index (χ2n) is 9.20. The first-order valence-electron chi connectivity index (χ1n) is 10.7. The fourth-order valence-corrected chi connectivity index (χ4v) is 4.18. The molecular formula is C26H31NO5. The van der Waals surface area contributed by atoms with E-state index in [9.17, 15) is 14.4 Å². The van der Waals surface area contributed by atoms with Gasteiger partial charge in [0.15, 0.2) is 5.78 Å². The van der Waals surface area contributed by atoms with Crippen molar-refractivity contribution in [3.63, 3.8) is 0 Å². The first kappa shape index (κ1) is 23.7. The van der Waals surface area contributed by atoms with E-state index in [0.717, 1.165) is 11.1 Å². The van der Waals surface area contributed by atoms with Crippen LogP contribution in [0.4, 0.5) is 0 Å². The second-order valence-corrected chi connectivity index (χ2v) is 9.20. The minimum Gasteiger partial charge on any atom is -0.497 e. The summed E-state index contributed by atoms with van der Waals surface area (Å²) in [5.74, 6) is -2.15. The van der Waals surface area contributed by atoms with Crippen LogP contribution in [0.2, 0.25) is 0 Å². The molecule has 1 aliphatic rings. The van der Waals surface area contributed by atoms with Gasteiger partial charge in [0.05, 0.1) is 19.8 Å². The molecule has 0 spiro atoms. The molecule has 0 aromatic heterocycles. The van der Waals surface area contributed by atoms with Gasteiger partial charge in [0.2, 0.25) is 5.78 Å². The van der Waals surface area contributed by atoms with Gasteiger partial charge in [-0.15, -0.1) is 0 Å². The quantitative estimate of drug-likeness (QED) is 0.373. The number of ketones is 2. The monoisotopic (exact) mass is 437 g/mol. The molecule has 0 radical (unpaired) electrons. The molecule has 3 rings (SSSR count). The summed E-state index contributed by atoms with van der Waals surface area (Å²) in [6.07, 6.45) is 0. The highest BCUT2D eigenvalue weighted by atomic mass is 16.5. The van der Waals surface area contributed by atoms with Gasteiger partial charge < -0.3 is 14.4 Å². The maximum Gasteiger partial charge on any atom is 0.291 e. The van der Waals surface area contributed by atoms with Crippen molar-refractivity contribution < 1.29 is 23.9 Å². The van der Waals surface area contributed by atoms with Crippen molar-refractivity contribution in [2.24, 2.45) is 5.92 Å². The van der Waals surface area contributed by atoms with Gasteiger partial charge in [-0.05, 0) is 47.2 Å². The summed E-state index contributed by atoms with van der Waals surface area (Å²) >= 11 is 0. The van der Waals surface area contributed by atoms with Gasteiger partial charge in [0.25, 0.3) is 5.91 Å². The number of benzene rings is 2. The van der Waals surface area contributed by atoms with Crippen molar-refractivity contribution in [2.45, 2.75) is 39.2 Å². The van der Waals surface area contributed by atoms with E-state index in [0.29, 0.717) is 16.9 Å². The maximum atomic E-state index is 13.6.